The van der Waals surface area contributed by atoms with Crippen LogP contribution in [0.4, 0.5) is 0 Å². The Morgan fingerprint density at radius 3 is 1.13 bits per heavy atom. The number of carboxylic acids is 1. The molecule has 20 N–H and O–H groups in total. The van der Waals surface area contributed by atoms with Crippen LogP contribution in [0.2, 0.25) is 0 Å². The fourth-order valence-corrected chi connectivity index (χ4v) is 12.2. The van der Waals surface area contributed by atoms with Gasteiger partial charge in [0, 0.05) is 0 Å². The highest BCUT2D eigenvalue weighted by Gasteiger charge is 2.59. The van der Waals surface area contributed by atoms with E-state index in [-0.39, 0.29) is 6.42 Å². The van der Waals surface area contributed by atoms with Crippen LogP contribution in [0.15, 0.2) is 0 Å². The van der Waals surface area contributed by atoms with Crippen LogP contribution in [0.1, 0.15) is 98.8 Å². The summed E-state index contributed by atoms with van der Waals surface area (Å²) in [5, 5.41) is 216. The normalized spacial score (nSPS) is 48.2. The van der Waals surface area contributed by atoms with Gasteiger partial charge in [0.1, 0.15) is 146 Å². The van der Waals surface area contributed by atoms with E-state index in [1.54, 1.807) is 0 Å². The van der Waals surface area contributed by atoms with E-state index in [9.17, 15) is 107 Å². The van der Waals surface area contributed by atoms with E-state index in [1.165, 1.54) is 27.7 Å². The van der Waals surface area contributed by atoms with E-state index in [0.29, 0.717) is 51.4 Å². The Morgan fingerprint density at radius 1 is 0.330 bits per heavy atom. The standard InChI is InChI=1S/C56H98O35/c1-6-12-23(13-10-8-7-9-11-14-24(15-28(60)61)83-52-43(76)37(70)32(65)25(16-57)84-52)82-54-47(38(71)31(64)21(4)80-54)91-56-49(40(73)34(67)27(18-59)86-56)90-53-44(77)46(45(22(5)81-53)87-50-41(74)35(68)29(62)19(2)78-50)88-55-48(39(72)33(66)26(17-58)85-55)89-51-42(75)36(69)30(63)20(3)79-51/h19-27,29-59,62-77H,6-18H2,1-5H3,(H,60,61)/t19-,20-,21-,22+,23+,24+,25-,26-,27-,29+,30-,31-,32-,33-,34-,35+,36+,37+,38+,39+,40+,41-,42-,43-,44-,45+,46+,47-,48-,49-,50+,51+,52-,53+,54+,55+,56+/m1/s1. The molecule has 7 aliphatic heterocycles. The lowest BCUT2D eigenvalue weighted by atomic mass is 9.95. The van der Waals surface area contributed by atoms with Crippen LogP contribution in [0.25, 0.3) is 0 Å². The van der Waals surface area contributed by atoms with Crippen molar-refractivity contribution < 1.29 is 173 Å². The Bertz CT molecular complexity index is 2150. The maximum Gasteiger partial charge on any atom is 0.305 e. The second-order valence-corrected chi connectivity index (χ2v) is 24.6. The third-order valence-corrected chi connectivity index (χ3v) is 17.8. The Kier molecular flexibility index (Phi) is 29.1. The zero-order valence-corrected chi connectivity index (χ0v) is 51.1. The van der Waals surface area contributed by atoms with Crippen LogP contribution < -0.4 is 0 Å². The minimum Gasteiger partial charge on any atom is -0.481 e. The van der Waals surface area contributed by atoms with E-state index in [4.69, 9.17) is 66.3 Å². The molecule has 0 unspecified atom stereocenters. The lowest BCUT2D eigenvalue weighted by Crippen LogP contribution is -2.69. The maximum atomic E-state index is 12.5. The van der Waals surface area contributed by atoms with Gasteiger partial charge in [-0.3, -0.25) is 4.79 Å². The molecule has 0 saturated carbocycles. The van der Waals surface area contributed by atoms with Crippen molar-refractivity contribution in [2.45, 2.75) is 326 Å². The summed E-state index contributed by atoms with van der Waals surface area (Å²) in [5.74, 6) is -1.19. The Hall–Kier alpha value is -1.85. The summed E-state index contributed by atoms with van der Waals surface area (Å²) < 4.78 is 84.0. The van der Waals surface area contributed by atoms with E-state index in [2.05, 4.69) is 0 Å². The van der Waals surface area contributed by atoms with Crippen LogP contribution in [0, 0.1) is 0 Å². The van der Waals surface area contributed by atoms with Crippen molar-refractivity contribution in [2.24, 2.45) is 0 Å². The van der Waals surface area contributed by atoms with Gasteiger partial charge in [-0.2, -0.15) is 0 Å². The molecule has 37 atom stereocenters. The number of hydrogen-bond acceptors (Lipinski definition) is 34. The Labute approximate surface area is 523 Å². The zero-order chi connectivity index (χ0) is 67.0. The monoisotopic (exact) mass is 1330 g/mol. The number of unbranched alkanes of at least 4 members (excludes halogenated alkanes) is 4. The van der Waals surface area contributed by atoms with Crippen molar-refractivity contribution >= 4 is 5.97 Å². The van der Waals surface area contributed by atoms with Gasteiger partial charge in [-0.25, -0.2) is 0 Å². The first kappa shape index (κ1) is 76.5. The van der Waals surface area contributed by atoms with Gasteiger partial charge >= 0.3 is 5.97 Å². The number of aliphatic hydroxyl groups is 19. The number of carbonyl (C=O) groups is 1. The van der Waals surface area contributed by atoms with E-state index < -0.39 is 259 Å². The van der Waals surface area contributed by atoms with Gasteiger partial charge in [-0.05, 0) is 47.0 Å². The third-order valence-electron chi connectivity index (χ3n) is 17.8. The van der Waals surface area contributed by atoms with Crippen LogP contribution in [0.5, 0.6) is 0 Å². The van der Waals surface area contributed by atoms with Crippen molar-refractivity contribution in [1.82, 2.24) is 0 Å². The molecule has 7 heterocycles. The molecule has 0 aromatic heterocycles. The number of ether oxygens (including phenoxy) is 14. The summed E-state index contributed by atoms with van der Waals surface area (Å²) in [6.45, 7) is 4.78. The van der Waals surface area contributed by atoms with Gasteiger partial charge in [0.05, 0.1) is 62.9 Å². The summed E-state index contributed by atoms with van der Waals surface area (Å²) >= 11 is 0. The lowest BCUT2D eigenvalue weighted by Gasteiger charge is -2.51. The van der Waals surface area contributed by atoms with Gasteiger partial charge in [-0.15, -0.1) is 0 Å². The summed E-state index contributed by atoms with van der Waals surface area (Å²) in [5.41, 5.74) is 0. The lowest BCUT2D eigenvalue weighted by molar-refractivity contribution is -0.414. The second-order valence-electron chi connectivity index (χ2n) is 24.6. The summed E-state index contributed by atoms with van der Waals surface area (Å²) in [7, 11) is 0. The number of hydrogen-bond donors (Lipinski definition) is 20. The first-order valence-corrected chi connectivity index (χ1v) is 31.2. The fraction of sp³-hybridized carbons (Fsp3) is 0.982. The van der Waals surface area contributed by atoms with Crippen molar-refractivity contribution in [2.75, 3.05) is 19.8 Å². The number of aliphatic hydroxyl groups excluding tert-OH is 19. The van der Waals surface area contributed by atoms with Crippen molar-refractivity contribution in [3.63, 3.8) is 0 Å². The van der Waals surface area contributed by atoms with E-state index in [0.717, 1.165) is 0 Å². The summed E-state index contributed by atoms with van der Waals surface area (Å²) in [6.07, 6.45) is -58.5. The molecule has 7 aliphatic rings. The van der Waals surface area contributed by atoms with Gasteiger partial charge in [0.2, 0.25) is 0 Å². The van der Waals surface area contributed by atoms with Gasteiger partial charge in [0.25, 0.3) is 0 Å². The predicted molar refractivity (Wildman–Crippen MR) is 294 cm³/mol. The molecular weight excluding hydrogens is 1230 g/mol. The summed E-state index contributed by atoms with van der Waals surface area (Å²) in [4.78, 5) is 11.7. The molecule has 35 nitrogen and oxygen atoms in total. The topological polar surface area (TPSA) is 551 Å². The molecule has 0 bridgehead atoms. The molecule has 91 heavy (non-hydrogen) atoms. The maximum absolute atomic E-state index is 12.5. The van der Waals surface area contributed by atoms with Gasteiger partial charge < -0.3 is 168 Å². The molecular formula is C56H98O35. The first-order chi connectivity index (χ1) is 43.1. The number of aliphatic carboxylic acids is 1. The van der Waals surface area contributed by atoms with Crippen LogP contribution in [-0.4, -0.2) is 355 Å². The highest BCUT2D eigenvalue weighted by atomic mass is 16.8. The average molecular weight is 1330 g/mol. The molecule has 7 saturated heterocycles. The Morgan fingerprint density at radius 2 is 0.659 bits per heavy atom. The molecule has 0 aromatic rings. The zero-order valence-electron chi connectivity index (χ0n) is 51.1. The predicted octanol–water partition coefficient (Wildman–Crippen LogP) is -8.41. The van der Waals surface area contributed by atoms with Gasteiger partial charge in [-0.1, -0.05) is 45.4 Å². The molecule has 0 radical (unpaired) electrons. The molecule has 0 spiro atoms. The molecule has 0 amide bonds. The molecule has 7 rings (SSSR count). The SMILES string of the molecule is CCC[C@@H](CCCCCCC[C@@H](CC(=O)O)O[C@@H]1O[C@H](CO)[C@@H](O)[C@H](O)[C@H]1O)O[C@@H]1O[C@H](C)[C@@H](O)[C@H](O)[C@H]1O[C@@H]1O[C@H](CO)[C@@H](O)[C@H](O)[C@H]1O[C@@H]1O[C@@H](C)[C@H](O[C@@H]2O[C@H](C)[C@H](O)[C@H](O)[C@H]2O)[C@@H](O[C@@H]2O[C@H](CO)[C@@H](O)[C@H](O)[C@H]2O[C@@H]2O[C@H](C)[C@@H](O)[C@H](O)[C@H]2O)[C@H]1O. The third kappa shape index (κ3) is 18.3. The van der Waals surface area contributed by atoms with E-state index >= 15 is 0 Å². The minimum absolute atomic E-state index is 0.224. The van der Waals surface area contributed by atoms with Crippen LogP contribution in [-0.2, 0) is 71.1 Å². The summed E-state index contributed by atoms with van der Waals surface area (Å²) in [6, 6.07) is 0. The molecule has 532 valence electrons. The highest BCUT2D eigenvalue weighted by Crippen LogP contribution is 2.39. The first-order valence-electron chi connectivity index (χ1n) is 31.2. The number of rotatable bonds is 29. The fourth-order valence-electron chi connectivity index (χ4n) is 12.2. The number of carboxylic acid groups (broad SMARTS) is 1. The molecule has 35 heteroatoms. The van der Waals surface area contributed by atoms with Crippen LogP contribution in [0.3, 0.4) is 0 Å². The average Bonchev–Trinajstić information content (AvgIpc) is 0.826. The second kappa shape index (κ2) is 34.6. The quantitative estimate of drug-likeness (QED) is 0.0309. The molecule has 0 aromatic carbocycles. The van der Waals surface area contributed by atoms with Gasteiger partial charge in [0.15, 0.2) is 44.0 Å². The van der Waals surface area contributed by atoms with Crippen molar-refractivity contribution in [3.8, 4) is 0 Å². The minimum atomic E-state index is -2.24. The largest absolute Gasteiger partial charge is 0.481 e. The van der Waals surface area contributed by atoms with Crippen molar-refractivity contribution in [3.05, 3.63) is 0 Å². The van der Waals surface area contributed by atoms with Crippen molar-refractivity contribution in [1.29, 1.82) is 0 Å². The Balaban J connectivity index is 1.08. The molecule has 0 aliphatic carbocycles. The molecule has 7 fully saturated rings. The highest BCUT2D eigenvalue weighted by molar-refractivity contribution is 5.67. The van der Waals surface area contributed by atoms with E-state index in [1.807, 2.05) is 6.92 Å². The van der Waals surface area contributed by atoms with Crippen LogP contribution >= 0.6 is 0 Å². The smallest absolute Gasteiger partial charge is 0.305 e.